The summed E-state index contributed by atoms with van der Waals surface area (Å²) in [6.07, 6.45) is 4.02. The second kappa shape index (κ2) is 7.84. The zero-order valence-electron chi connectivity index (χ0n) is 13.9. The maximum absolute atomic E-state index is 6.24. The highest BCUT2D eigenvalue weighted by molar-refractivity contribution is 5.01. The quantitative estimate of drug-likeness (QED) is 0.746. The van der Waals surface area contributed by atoms with Gasteiger partial charge in [-0.15, -0.1) is 0 Å². The third kappa shape index (κ3) is 4.64. The summed E-state index contributed by atoms with van der Waals surface area (Å²) in [4.78, 5) is 2.51. The van der Waals surface area contributed by atoms with Crippen LogP contribution in [0.5, 0.6) is 0 Å². The molecule has 0 atom stereocenters. The number of nitrogens with zero attached hydrogens (tertiary/aromatic N) is 1. The van der Waals surface area contributed by atoms with Crippen LogP contribution in [0.15, 0.2) is 22.8 Å². The Morgan fingerprint density at radius 1 is 1.20 bits per heavy atom. The van der Waals surface area contributed by atoms with Gasteiger partial charge in [0.15, 0.2) is 0 Å². The van der Waals surface area contributed by atoms with Crippen molar-refractivity contribution in [2.45, 2.75) is 59.5 Å². The lowest BCUT2D eigenvalue weighted by molar-refractivity contribution is 0.0450. The normalized spacial score (nSPS) is 12.8. The smallest absolute Gasteiger partial charge is 0.117 e. The van der Waals surface area contributed by atoms with E-state index in [0.717, 1.165) is 31.7 Å². The third-order valence-electron chi connectivity index (χ3n) is 3.94. The largest absolute Gasteiger partial charge is 0.468 e. The first-order valence-electron chi connectivity index (χ1n) is 7.91. The molecule has 20 heavy (non-hydrogen) atoms. The summed E-state index contributed by atoms with van der Waals surface area (Å²) in [6, 6.07) is 4.01. The van der Waals surface area contributed by atoms with E-state index in [9.17, 15) is 0 Å². The molecule has 0 aliphatic heterocycles. The first-order valence-corrected chi connectivity index (χ1v) is 7.91. The summed E-state index contributed by atoms with van der Waals surface area (Å²) in [5.41, 5.74) is 6.31. The minimum absolute atomic E-state index is 0.0733. The Kier molecular flexibility index (Phi) is 6.77. The molecule has 0 aliphatic carbocycles. The van der Waals surface area contributed by atoms with Gasteiger partial charge in [0, 0.05) is 12.1 Å². The molecule has 3 nitrogen and oxygen atoms in total. The molecule has 1 heterocycles. The molecule has 116 valence electrons. The average Bonchev–Trinajstić information content (AvgIpc) is 2.86. The Balaban J connectivity index is 2.96. The Hall–Kier alpha value is -0.800. The fraction of sp³-hybridized carbons (Fsp3) is 0.765. The molecule has 0 saturated heterocycles. The van der Waals surface area contributed by atoms with E-state index < -0.39 is 0 Å². The van der Waals surface area contributed by atoms with Gasteiger partial charge in [0.05, 0.1) is 12.8 Å². The zero-order valence-corrected chi connectivity index (χ0v) is 13.9. The highest BCUT2D eigenvalue weighted by Gasteiger charge is 2.36. The van der Waals surface area contributed by atoms with Gasteiger partial charge in [0.1, 0.15) is 5.76 Å². The number of hydrogen-bond acceptors (Lipinski definition) is 3. The Labute approximate surface area is 124 Å². The Morgan fingerprint density at radius 3 is 2.15 bits per heavy atom. The predicted molar refractivity (Wildman–Crippen MR) is 85.5 cm³/mol. The molecular formula is C17H32N2O. The van der Waals surface area contributed by atoms with E-state index in [2.05, 4.69) is 45.6 Å². The van der Waals surface area contributed by atoms with E-state index >= 15 is 0 Å². The molecular weight excluding hydrogens is 248 g/mol. The molecule has 1 rings (SSSR count). The van der Waals surface area contributed by atoms with Crippen LogP contribution in [0.1, 0.15) is 53.2 Å². The van der Waals surface area contributed by atoms with Crippen LogP contribution in [0.2, 0.25) is 0 Å². The Bertz CT molecular complexity index is 347. The van der Waals surface area contributed by atoms with Gasteiger partial charge in [-0.1, -0.05) is 34.6 Å². The topological polar surface area (TPSA) is 42.4 Å². The van der Waals surface area contributed by atoms with Gasteiger partial charge in [-0.25, -0.2) is 0 Å². The highest BCUT2D eigenvalue weighted by atomic mass is 16.3. The van der Waals surface area contributed by atoms with Crippen molar-refractivity contribution in [3.05, 3.63) is 24.2 Å². The molecule has 2 N–H and O–H groups in total. The molecule has 0 aliphatic rings. The molecule has 0 amide bonds. The van der Waals surface area contributed by atoms with E-state index in [-0.39, 0.29) is 5.54 Å². The predicted octanol–water partition coefficient (Wildman–Crippen LogP) is 3.89. The minimum atomic E-state index is 0.0733. The SMILES string of the molecule is CCN(Cc1ccco1)C(CN)(CC(C)C)CC(C)C. The standard InChI is InChI=1S/C17H32N2O/c1-6-19(12-16-8-7-9-20-16)17(13-18,10-14(2)3)11-15(4)5/h7-9,14-15H,6,10-13,18H2,1-5H3. The molecule has 0 saturated carbocycles. The van der Waals surface area contributed by atoms with Crippen molar-refractivity contribution in [3.63, 3.8) is 0 Å². The number of furan rings is 1. The van der Waals surface area contributed by atoms with Crippen molar-refractivity contribution in [1.29, 1.82) is 0 Å². The van der Waals surface area contributed by atoms with E-state index in [1.807, 2.05) is 6.07 Å². The van der Waals surface area contributed by atoms with Crippen LogP contribution < -0.4 is 5.73 Å². The molecule has 0 radical (unpaired) electrons. The van der Waals surface area contributed by atoms with Crippen LogP contribution in [0, 0.1) is 11.8 Å². The van der Waals surface area contributed by atoms with Crippen molar-refractivity contribution >= 4 is 0 Å². The first kappa shape index (κ1) is 17.3. The monoisotopic (exact) mass is 280 g/mol. The molecule has 1 aromatic rings. The summed E-state index contributed by atoms with van der Waals surface area (Å²) in [5.74, 6) is 2.31. The first-order chi connectivity index (χ1) is 9.43. The zero-order chi connectivity index (χ0) is 15.2. The number of rotatable bonds is 9. The van der Waals surface area contributed by atoms with Gasteiger partial charge >= 0.3 is 0 Å². The van der Waals surface area contributed by atoms with Crippen molar-refractivity contribution in [3.8, 4) is 0 Å². The number of hydrogen-bond donors (Lipinski definition) is 1. The molecule has 0 aromatic carbocycles. The molecule has 3 heteroatoms. The average molecular weight is 280 g/mol. The van der Waals surface area contributed by atoms with Gasteiger partial charge in [0.25, 0.3) is 0 Å². The second-order valence-electron chi connectivity index (χ2n) is 6.72. The lowest BCUT2D eigenvalue weighted by Crippen LogP contribution is -2.55. The van der Waals surface area contributed by atoms with Gasteiger partial charge < -0.3 is 10.2 Å². The van der Waals surface area contributed by atoms with Crippen LogP contribution in [-0.2, 0) is 6.54 Å². The van der Waals surface area contributed by atoms with Crippen molar-refractivity contribution in [2.24, 2.45) is 17.6 Å². The summed E-state index contributed by atoms with van der Waals surface area (Å²) < 4.78 is 5.53. The van der Waals surface area contributed by atoms with Crippen LogP contribution >= 0.6 is 0 Å². The van der Waals surface area contributed by atoms with Crippen LogP contribution in [-0.4, -0.2) is 23.5 Å². The van der Waals surface area contributed by atoms with E-state index in [0.29, 0.717) is 18.4 Å². The third-order valence-corrected chi connectivity index (χ3v) is 3.94. The summed E-state index contributed by atoms with van der Waals surface area (Å²) >= 11 is 0. The maximum Gasteiger partial charge on any atom is 0.117 e. The van der Waals surface area contributed by atoms with Crippen LogP contribution in [0.4, 0.5) is 0 Å². The number of likely N-dealkylation sites (N-methyl/N-ethyl adjacent to an activating group) is 1. The summed E-state index contributed by atoms with van der Waals surface area (Å²) in [5, 5.41) is 0. The molecule has 1 aromatic heterocycles. The van der Waals surface area contributed by atoms with Gasteiger partial charge in [-0.2, -0.15) is 0 Å². The summed E-state index contributed by atoms with van der Waals surface area (Å²) in [6.45, 7) is 13.9. The van der Waals surface area contributed by atoms with Gasteiger partial charge in [0.2, 0.25) is 0 Å². The van der Waals surface area contributed by atoms with Crippen molar-refractivity contribution in [1.82, 2.24) is 4.90 Å². The van der Waals surface area contributed by atoms with Crippen molar-refractivity contribution < 1.29 is 4.42 Å². The van der Waals surface area contributed by atoms with Gasteiger partial charge in [-0.3, -0.25) is 4.90 Å². The van der Waals surface area contributed by atoms with Crippen LogP contribution in [0.3, 0.4) is 0 Å². The lowest BCUT2D eigenvalue weighted by atomic mass is 9.80. The van der Waals surface area contributed by atoms with Crippen molar-refractivity contribution in [2.75, 3.05) is 13.1 Å². The molecule has 0 spiro atoms. The van der Waals surface area contributed by atoms with E-state index in [4.69, 9.17) is 10.2 Å². The highest BCUT2D eigenvalue weighted by Crippen LogP contribution is 2.31. The molecule has 0 fully saturated rings. The van der Waals surface area contributed by atoms with E-state index in [1.54, 1.807) is 6.26 Å². The molecule has 0 unspecified atom stereocenters. The number of nitrogens with two attached hydrogens (primary N) is 1. The fourth-order valence-corrected chi connectivity index (χ4v) is 3.36. The molecule has 0 bridgehead atoms. The minimum Gasteiger partial charge on any atom is -0.468 e. The Morgan fingerprint density at radius 2 is 1.80 bits per heavy atom. The maximum atomic E-state index is 6.24. The van der Waals surface area contributed by atoms with Gasteiger partial charge in [-0.05, 0) is 43.4 Å². The van der Waals surface area contributed by atoms with Crippen LogP contribution in [0.25, 0.3) is 0 Å². The van der Waals surface area contributed by atoms with E-state index in [1.165, 1.54) is 0 Å². The second-order valence-corrected chi connectivity index (χ2v) is 6.72. The summed E-state index contributed by atoms with van der Waals surface area (Å²) in [7, 11) is 0. The fourth-order valence-electron chi connectivity index (χ4n) is 3.36. The lowest BCUT2D eigenvalue weighted by Gasteiger charge is -2.45.